The maximum absolute atomic E-state index is 11.8. The van der Waals surface area contributed by atoms with Crippen LogP contribution in [0.3, 0.4) is 0 Å². The molecule has 0 saturated heterocycles. The Labute approximate surface area is 89.5 Å². The van der Waals surface area contributed by atoms with Crippen molar-refractivity contribution in [2.24, 2.45) is 11.3 Å². The van der Waals surface area contributed by atoms with Crippen molar-refractivity contribution in [1.82, 2.24) is 15.5 Å². The molecule has 82 valence electrons. The van der Waals surface area contributed by atoms with E-state index in [-0.39, 0.29) is 23.3 Å². The van der Waals surface area contributed by atoms with Gasteiger partial charge in [0.2, 0.25) is 5.91 Å². The van der Waals surface area contributed by atoms with E-state index in [1.165, 1.54) is 0 Å². The Balaban J connectivity index is 1.90. The van der Waals surface area contributed by atoms with Crippen LogP contribution in [0.15, 0.2) is 12.4 Å². The van der Waals surface area contributed by atoms with Crippen molar-refractivity contribution in [3.8, 4) is 0 Å². The topological polar surface area (TPSA) is 57.8 Å². The molecular weight excluding hydrogens is 190 g/mol. The molecule has 1 aromatic rings. The molecule has 0 aliphatic heterocycles. The summed E-state index contributed by atoms with van der Waals surface area (Å²) in [5.74, 6) is 0.348. The van der Waals surface area contributed by atoms with Crippen LogP contribution in [-0.4, -0.2) is 16.1 Å². The van der Waals surface area contributed by atoms with Gasteiger partial charge in [0.1, 0.15) is 0 Å². The molecule has 0 spiro atoms. The summed E-state index contributed by atoms with van der Waals surface area (Å²) in [5.41, 5.74) is 1.21. The van der Waals surface area contributed by atoms with Gasteiger partial charge in [0.25, 0.3) is 0 Å². The molecule has 0 aromatic carbocycles. The van der Waals surface area contributed by atoms with Crippen LogP contribution in [0.25, 0.3) is 0 Å². The lowest BCUT2D eigenvalue weighted by molar-refractivity contribution is -0.123. The van der Waals surface area contributed by atoms with E-state index in [4.69, 9.17) is 0 Å². The van der Waals surface area contributed by atoms with E-state index in [0.717, 1.165) is 12.0 Å². The maximum atomic E-state index is 11.8. The quantitative estimate of drug-likeness (QED) is 0.791. The van der Waals surface area contributed by atoms with Gasteiger partial charge in [0, 0.05) is 17.7 Å². The van der Waals surface area contributed by atoms with Crippen LogP contribution < -0.4 is 5.32 Å². The zero-order valence-electron chi connectivity index (χ0n) is 9.37. The molecule has 2 unspecified atom stereocenters. The minimum Gasteiger partial charge on any atom is -0.349 e. The number of carbonyl (C=O) groups is 1. The van der Waals surface area contributed by atoms with Crippen molar-refractivity contribution in [2.75, 3.05) is 0 Å². The van der Waals surface area contributed by atoms with Crippen LogP contribution in [0.1, 0.15) is 38.8 Å². The lowest BCUT2D eigenvalue weighted by atomic mass is 10.1. The van der Waals surface area contributed by atoms with Gasteiger partial charge >= 0.3 is 0 Å². The fourth-order valence-corrected chi connectivity index (χ4v) is 1.81. The first-order valence-corrected chi connectivity index (χ1v) is 5.30. The number of H-pyrrole nitrogens is 1. The van der Waals surface area contributed by atoms with Gasteiger partial charge in [-0.25, -0.2) is 0 Å². The molecule has 1 saturated carbocycles. The molecule has 1 aliphatic rings. The van der Waals surface area contributed by atoms with Crippen molar-refractivity contribution in [3.63, 3.8) is 0 Å². The van der Waals surface area contributed by atoms with E-state index in [9.17, 15) is 4.79 Å². The van der Waals surface area contributed by atoms with Gasteiger partial charge in [-0.3, -0.25) is 9.89 Å². The lowest BCUT2D eigenvalue weighted by Crippen LogP contribution is -2.29. The third kappa shape index (κ3) is 2.03. The van der Waals surface area contributed by atoms with Gasteiger partial charge in [-0.05, 0) is 18.8 Å². The Morgan fingerprint density at radius 1 is 1.73 bits per heavy atom. The van der Waals surface area contributed by atoms with Crippen molar-refractivity contribution < 1.29 is 4.79 Å². The highest BCUT2D eigenvalue weighted by atomic mass is 16.2. The zero-order valence-corrected chi connectivity index (χ0v) is 9.37. The van der Waals surface area contributed by atoms with E-state index in [1.807, 2.05) is 13.1 Å². The summed E-state index contributed by atoms with van der Waals surface area (Å²) < 4.78 is 0. The summed E-state index contributed by atoms with van der Waals surface area (Å²) >= 11 is 0. The third-order valence-electron chi connectivity index (χ3n) is 3.21. The number of nitrogens with zero attached hydrogens (tertiary/aromatic N) is 1. The highest BCUT2D eigenvalue weighted by molar-refractivity contribution is 5.82. The van der Waals surface area contributed by atoms with Crippen LogP contribution in [-0.2, 0) is 4.79 Å². The molecule has 1 aliphatic carbocycles. The summed E-state index contributed by atoms with van der Waals surface area (Å²) in [5, 5.41) is 9.61. The van der Waals surface area contributed by atoms with Gasteiger partial charge in [0.15, 0.2) is 0 Å². The van der Waals surface area contributed by atoms with Crippen molar-refractivity contribution in [1.29, 1.82) is 0 Å². The van der Waals surface area contributed by atoms with Gasteiger partial charge in [-0.2, -0.15) is 5.10 Å². The maximum Gasteiger partial charge on any atom is 0.224 e. The monoisotopic (exact) mass is 207 g/mol. The van der Waals surface area contributed by atoms with E-state index >= 15 is 0 Å². The first-order chi connectivity index (χ1) is 7.00. The fourth-order valence-electron chi connectivity index (χ4n) is 1.81. The number of rotatable bonds is 3. The Hall–Kier alpha value is -1.32. The van der Waals surface area contributed by atoms with Crippen LogP contribution in [0.4, 0.5) is 0 Å². The second-order valence-electron chi connectivity index (χ2n) is 5.01. The Kier molecular flexibility index (Phi) is 2.29. The molecule has 1 amide bonds. The van der Waals surface area contributed by atoms with E-state index in [0.29, 0.717) is 0 Å². The van der Waals surface area contributed by atoms with E-state index < -0.39 is 0 Å². The highest BCUT2D eigenvalue weighted by Gasteiger charge is 2.50. The van der Waals surface area contributed by atoms with Gasteiger partial charge in [0.05, 0.1) is 12.2 Å². The molecule has 15 heavy (non-hydrogen) atoms. The summed E-state index contributed by atoms with van der Waals surface area (Å²) in [7, 11) is 0. The van der Waals surface area contributed by atoms with Gasteiger partial charge < -0.3 is 5.32 Å². The first-order valence-electron chi connectivity index (χ1n) is 5.30. The molecule has 0 bridgehead atoms. The van der Waals surface area contributed by atoms with Gasteiger partial charge in [-0.15, -0.1) is 0 Å². The number of aromatic nitrogens is 2. The number of amides is 1. The van der Waals surface area contributed by atoms with Crippen LogP contribution >= 0.6 is 0 Å². The lowest BCUT2D eigenvalue weighted by Gasteiger charge is -2.12. The van der Waals surface area contributed by atoms with E-state index in [2.05, 4.69) is 29.4 Å². The average Bonchev–Trinajstić information content (AvgIpc) is 2.66. The molecular formula is C11H17N3O. The average molecular weight is 207 g/mol. The molecule has 4 heteroatoms. The predicted molar refractivity (Wildman–Crippen MR) is 57.0 cm³/mol. The highest BCUT2D eigenvalue weighted by Crippen LogP contribution is 2.51. The first kappa shape index (κ1) is 10.2. The number of hydrogen-bond acceptors (Lipinski definition) is 2. The normalized spacial score (nSPS) is 24.6. The Morgan fingerprint density at radius 3 is 2.87 bits per heavy atom. The van der Waals surface area contributed by atoms with Gasteiger partial charge in [-0.1, -0.05) is 13.8 Å². The Morgan fingerprint density at radius 2 is 2.40 bits per heavy atom. The fraction of sp³-hybridized carbons (Fsp3) is 0.636. The molecule has 1 fully saturated rings. The van der Waals surface area contributed by atoms with Crippen molar-refractivity contribution >= 4 is 5.91 Å². The molecule has 2 atom stereocenters. The number of carbonyl (C=O) groups excluding carboxylic acids is 1. The summed E-state index contributed by atoms with van der Waals surface area (Å²) in [4.78, 5) is 11.8. The second-order valence-corrected chi connectivity index (χ2v) is 5.01. The van der Waals surface area contributed by atoms with Crippen molar-refractivity contribution in [3.05, 3.63) is 18.0 Å². The van der Waals surface area contributed by atoms with Crippen LogP contribution in [0, 0.1) is 11.3 Å². The SMILES string of the molecule is CC(NC(=O)C1CC1(C)C)c1cn[nH]c1. The largest absolute Gasteiger partial charge is 0.349 e. The zero-order chi connectivity index (χ0) is 11.1. The molecule has 2 rings (SSSR count). The smallest absolute Gasteiger partial charge is 0.224 e. The molecule has 1 aromatic heterocycles. The molecule has 1 heterocycles. The van der Waals surface area contributed by atoms with Crippen LogP contribution in [0.2, 0.25) is 0 Å². The van der Waals surface area contributed by atoms with Crippen LogP contribution in [0.5, 0.6) is 0 Å². The van der Waals surface area contributed by atoms with E-state index in [1.54, 1.807) is 6.20 Å². The molecule has 0 radical (unpaired) electrons. The second kappa shape index (κ2) is 3.36. The minimum atomic E-state index is 0.0349. The summed E-state index contributed by atoms with van der Waals surface area (Å²) in [6.45, 7) is 6.22. The Bertz CT molecular complexity index is 356. The number of aromatic amines is 1. The minimum absolute atomic E-state index is 0.0349. The summed E-state index contributed by atoms with van der Waals surface area (Å²) in [6, 6.07) is 0.0349. The molecule has 2 N–H and O–H groups in total. The number of hydrogen-bond donors (Lipinski definition) is 2. The standard InChI is InChI=1S/C11H17N3O/c1-7(8-5-12-13-6-8)14-10(15)9-4-11(9,2)3/h5-7,9H,4H2,1-3H3,(H,12,13)(H,14,15). The predicted octanol–water partition coefficient (Wildman–Crippen LogP) is 1.63. The van der Waals surface area contributed by atoms with Crippen molar-refractivity contribution in [2.45, 2.75) is 33.2 Å². The number of nitrogens with one attached hydrogen (secondary N) is 2. The molecule has 4 nitrogen and oxygen atoms in total. The summed E-state index contributed by atoms with van der Waals surface area (Å²) in [6.07, 6.45) is 4.54. The third-order valence-corrected chi connectivity index (χ3v) is 3.21.